The molecular formula is C13H19N3O3. The SMILES string of the molecule is CC(C)CNC(=O)C(C)Nc1ncccc1C(=O)O. The average molecular weight is 265 g/mol. The van der Waals surface area contributed by atoms with E-state index in [-0.39, 0.29) is 17.3 Å². The molecule has 0 aliphatic rings. The van der Waals surface area contributed by atoms with Crippen LogP contribution in [0, 0.1) is 5.92 Å². The van der Waals surface area contributed by atoms with Crippen molar-refractivity contribution in [3.05, 3.63) is 23.9 Å². The van der Waals surface area contributed by atoms with E-state index in [2.05, 4.69) is 15.6 Å². The van der Waals surface area contributed by atoms with Gasteiger partial charge in [-0.05, 0) is 25.0 Å². The van der Waals surface area contributed by atoms with Gasteiger partial charge in [-0.3, -0.25) is 4.79 Å². The van der Waals surface area contributed by atoms with E-state index in [1.54, 1.807) is 6.92 Å². The maximum Gasteiger partial charge on any atom is 0.339 e. The van der Waals surface area contributed by atoms with Gasteiger partial charge in [0.2, 0.25) is 5.91 Å². The summed E-state index contributed by atoms with van der Waals surface area (Å²) in [6, 6.07) is 2.43. The molecule has 0 radical (unpaired) electrons. The summed E-state index contributed by atoms with van der Waals surface area (Å²) in [5.41, 5.74) is 0.0472. The van der Waals surface area contributed by atoms with Crippen LogP contribution in [0.4, 0.5) is 5.82 Å². The topological polar surface area (TPSA) is 91.3 Å². The zero-order valence-electron chi connectivity index (χ0n) is 11.3. The fourth-order valence-corrected chi connectivity index (χ4v) is 1.42. The summed E-state index contributed by atoms with van der Waals surface area (Å²) in [5.74, 6) is -0.705. The molecule has 1 atom stereocenters. The lowest BCUT2D eigenvalue weighted by molar-refractivity contribution is -0.121. The minimum absolute atomic E-state index is 0.0472. The Balaban J connectivity index is 2.69. The van der Waals surface area contributed by atoms with Crippen molar-refractivity contribution in [1.29, 1.82) is 0 Å². The molecule has 0 saturated carbocycles. The van der Waals surface area contributed by atoms with Crippen molar-refractivity contribution in [2.45, 2.75) is 26.8 Å². The van der Waals surface area contributed by atoms with Crippen LogP contribution < -0.4 is 10.6 Å². The molecule has 0 aliphatic heterocycles. The third-order valence-corrected chi connectivity index (χ3v) is 2.47. The molecule has 19 heavy (non-hydrogen) atoms. The Morgan fingerprint density at radius 2 is 2.05 bits per heavy atom. The van der Waals surface area contributed by atoms with Crippen LogP contribution in [-0.2, 0) is 4.79 Å². The normalized spacial score (nSPS) is 12.0. The predicted octanol–water partition coefficient (Wildman–Crippen LogP) is 1.35. The second-order valence-electron chi connectivity index (χ2n) is 4.71. The summed E-state index contributed by atoms with van der Waals surface area (Å²) in [7, 11) is 0. The van der Waals surface area contributed by atoms with Crippen molar-refractivity contribution in [3.8, 4) is 0 Å². The van der Waals surface area contributed by atoms with E-state index in [1.807, 2.05) is 13.8 Å². The van der Waals surface area contributed by atoms with Gasteiger partial charge in [0.25, 0.3) is 0 Å². The molecule has 6 heteroatoms. The second-order valence-corrected chi connectivity index (χ2v) is 4.71. The smallest absolute Gasteiger partial charge is 0.339 e. The third-order valence-electron chi connectivity index (χ3n) is 2.47. The first-order chi connectivity index (χ1) is 8.91. The molecule has 1 rings (SSSR count). The van der Waals surface area contributed by atoms with Gasteiger partial charge >= 0.3 is 5.97 Å². The van der Waals surface area contributed by atoms with Gasteiger partial charge in [0, 0.05) is 12.7 Å². The molecule has 1 aromatic heterocycles. The van der Waals surface area contributed by atoms with E-state index in [9.17, 15) is 9.59 Å². The zero-order chi connectivity index (χ0) is 14.4. The summed E-state index contributed by atoms with van der Waals surface area (Å²) in [5, 5.41) is 14.6. The number of amides is 1. The number of carboxylic acids is 1. The molecule has 1 aromatic rings. The summed E-state index contributed by atoms with van der Waals surface area (Å²) < 4.78 is 0. The van der Waals surface area contributed by atoms with E-state index in [4.69, 9.17) is 5.11 Å². The fraction of sp³-hybridized carbons (Fsp3) is 0.462. The van der Waals surface area contributed by atoms with E-state index in [0.717, 1.165) is 0 Å². The maximum absolute atomic E-state index is 11.8. The zero-order valence-corrected chi connectivity index (χ0v) is 11.3. The number of carbonyl (C=O) groups excluding carboxylic acids is 1. The number of nitrogens with zero attached hydrogens (tertiary/aromatic N) is 1. The maximum atomic E-state index is 11.8. The number of hydrogen-bond donors (Lipinski definition) is 3. The molecule has 0 spiro atoms. The molecule has 0 fully saturated rings. The lowest BCUT2D eigenvalue weighted by atomic mass is 10.2. The number of carboxylic acid groups (broad SMARTS) is 1. The van der Waals surface area contributed by atoms with Crippen molar-refractivity contribution in [2.75, 3.05) is 11.9 Å². The number of aromatic carboxylic acids is 1. The first-order valence-electron chi connectivity index (χ1n) is 6.14. The number of rotatable bonds is 6. The molecule has 104 valence electrons. The summed E-state index contributed by atoms with van der Waals surface area (Å²) in [6.07, 6.45) is 1.48. The van der Waals surface area contributed by atoms with Gasteiger partial charge in [-0.15, -0.1) is 0 Å². The van der Waals surface area contributed by atoms with E-state index in [1.165, 1.54) is 18.3 Å². The molecule has 1 heterocycles. The molecule has 1 amide bonds. The first kappa shape index (κ1) is 14.9. The second kappa shape index (κ2) is 6.72. The van der Waals surface area contributed by atoms with Crippen molar-refractivity contribution >= 4 is 17.7 Å². The Labute approximate surface area is 112 Å². The molecule has 0 aromatic carbocycles. The van der Waals surface area contributed by atoms with Gasteiger partial charge in [0.05, 0.1) is 0 Å². The number of carbonyl (C=O) groups is 2. The molecular weight excluding hydrogens is 246 g/mol. The molecule has 1 unspecified atom stereocenters. The minimum atomic E-state index is -1.08. The van der Waals surface area contributed by atoms with Gasteiger partial charge in [-0.25, -0.2) is 9.78 Å². The highest BCUT2D eigenvalue weighted by Crippen LogP contribution is 2.12. The van der Waals surface area contributed by atoms with Crippen molar-refractivity contribution in [2.24, 2.45) is 5.92 Å². The van der Waals surface area contributed by atoms with Crippen molar-refractivity contribution < 1.29 is 14.7 Å². The molecule has 6 nitrogen and oxygen atoms in total. The predicted molar refractivity (Wildman–Crippen MR) is 72.1 cm³/mol. The third kappa shape index (κ3) is 4.57. The Hall–Kier alpha value is -2.11. The van der Waals surface area contributed by atoms with Crippen molar-refractivity contribution in [1.82, 2.24) is 10.3 Å². The summed E-state index contributed by atoms with van der Waals surface area (Å²) in [4.78, 5) is 26.7. The van der Waals surface area contributed by atoms with Crippen LogP contribution in [-0.4, -0.2) is 34.6 Å². The van der Waals surface area contributed by atoms with E-state index in [0.29, 0.717) is 12.5 Å². The highest BCUT2D eigenvalue weighted by Gasteiger charge is 2.17. The molecule has 0 aliphatic carbocycles. The fourth-order valence-electron chi connectivity index (χ4n) is 1.42. The number of anilines is 1. The summed E-state index contributed by atoms with van der Waals surface area (Å²) >= 11 is 0. The Morgan fingerprint density at radius 3 is 2.63 bits per heavy atom. The number of aromatic nitrogens is 1. The van der Waals surface area contributed by atoms with Crippen molar-refractivity contribution in [3.63, 3.8) is 0 Å². The van der Waals surface area contributed by atoms with Crippen LogP contribution in [0.15, 0.2) is 18.3 Å². The van der Waals surface area contributed by atoms with E-state index < -0.39 is 12.0 Å². The largest absolute Gasteiger partial charge is 0.478 e. The Morgan fingerprint density at radius 1 is 1.37 bits per heavy atom. The van der Waals surface area contributed by atoms with Crippen LogP contribution >= 0.6 is 0 Å². The van der Waals surface area contributed by atoms with Gasteiger partial charge < -0.3 is 15.7 Å². The lowest BCUT2D eigenvalue weighted by Gasteiger charge is -2.16. The lowest BCUT2D eigenvalue weighted by Crippen LogP contribution is -2.39. The standard InChI is InChI=1S/C13H19N3O3/c1-8(2)7-15-12(17)9(3)16-11-10(13(18)19)5-4-6-14-11/h4-6,8-9H,7H2,1-3H3,(H,14,16)(H,15,17)(H,18,19). The van der Waals surface area contributed by atoms with Crippen LogP contribution in [0.5, 0.6) is 0 Å². The highest BCUT2D eigenvalue weighted by atomic mass is 16.4. The van der Waals surface area contributed by atoms with Gasteiger partial charge in [0.1, 0.15) is 17.4 Å². The van der Waals surface area contributed by atoms with Crippen LogP contribution in [0.2, 0.25) is 0 Å². The Kier molecular flexibility index (Phi) is 5.29. The Bertz CT molecular complexity index is 460. The minimum Gasteiger partial charge on any atom is -0.478 e. The van der Waals surface area contributed by atoms with Crippen LogP contribution in [0.1, 0.15) is 31.1 Å². The molecule has 3 N–H and O–H groups in total. The number of nitrogens with one attached hydrogen (secondary N) is 2. The van der Waals surface area contributed by atoms with Gasteiger partial charge in [0.15, 0.2) is 0 Å². The highest BCUT2D eigenvalue weighted by molar-refractivity contribution is 5.94. The molecule has 0 bridgehead atoms. The average Bonchev–Trinajstić information content (AvgIpc) is 2.36. The number of hydrogen-bond acceptors (Lipinski definition) is 4. The summed E-state index contributed by atoms with van der Waals surface area (Å²) in [6.45, 7) is 6.24. The van der Waals surface area contributed by atoms with Crippen LogP contribution in [0.25, 0.3) is 0 Å². The molecule has 0 saturated heterocycles. The van der Waals surface area contributed by atoms with E-state index >= 15 is 0 Å². The van der Waals surface area contributed by atoms with Gasteiger partial charge in [-0.1, -0.05) is 13.8 Å². The quantitative estimate of drug-likeness (QED) is 0.722. The first-order valence-corrected chi connectivity index (χ1v) is 6.14. The number of pyridine rings is 1. The van der Waals surface area contributed by atoms with Crippen LogP contribution in [0.3, 0.4) is 0 Å². The van der Waals surface area contributed by atoms with Gasteiger partial charge in [-0.2, -0.15) is 0 Å². The monoisotopic (exact) mass is 265 g/mol.